The smallest absolute Gasteiger partial charge is 0.141 e. The van der Waals surface area contributed by atoms with Crippen LogP contribution in [0.15, 0.2) is 0 Å². The molecular weight excluding hydrogens is 183 g/mol. The Kier molecular flexibility index (Phi) is 3.77. The first-order valence-corrected chi connectivity index (χ1v) is 4.72. The van der Waals surface area contributed by atoms with Gasteiger partial charge in [0.2, 0.25) is 0 Å². The van der Waals surface area contributed by atoms with Gasteiger partial charge in [-0.1, -0.05) is 0 Å². The van der Waals surface area contributed by atoms with E-state index in [0.717, 1.165) is 0 Å². The lowest BCUT2D eigenvalue weighted by molar-refractivity contribution is 0.0589. The summed E-state index contributed by atoms with van der Waals surface area (Å²) < 4.78 is 17.9. The van der Waals surface area contributed by atoms with Gasteiger partial charge in [-0.2, -0.15) is 0 Å². The summed E-state index contributed by atoms with van der Waals surface area (Å²) in [5, 5.41) is 17.2. The van der Waals surface area contributed by atoms with E-state index < -0.39 is 17.5 Å². The van der Waals surface area contributed by atoms with E-state index in [2.05, 4.69) is 0 Å². The SMILES string of the molecule is COCC1S[C@H](CO)[C@@H](O)[C@@H]1F. The van der Waals surface area contributed by atoms with Crippen LogP contribution in [0.3, 0.4) is 0 Å². The van der Waals surface area contributed by atoms with Crippen LogP contribution in [-0.2, 0) is 4.74 Å². The third-order valence-electron chi connectivity index (χ3n) is 1.92. The Morgan fingerprint density at radius 2 is 2.17 bits per heavy atom. The number of methoxy groups -OCH3 is 1. The summed E-state index contributed by atoms with van der Waals surface area (Å²) in [6.45, 7) is 0.0891. The molecule has 0 spiro atoms. The second-order valence-corrected chi connectivity index (χ2v) is 4.27. The van der Waals surface area contributed by atoms with Gasteiger partial charge in [0.25, 0.3) is 0 Å². The molecule has 5 heteroatoms. The van der Waals surface area contributed by atoms with Crippen molar-refractivity contribution >= 4 is 11.8 Å². The van der Waals surface area contributed by atoms with E-state index in [9.17, 15) is 9.50 Å². The first-order valence-electron chi connectivity index (χ1n) is 3.78. The van der Waals surface area contributed by atoms with Gasteiger partial charge < -0.3 is 14.9 Å². The van der Waals surface area contributed by atoms with Crippen molar-refractivity contribution in [3.8, 4) is 0 Å². The quantitative estimate of drug-likeness (QED) is 0.657. The maximum absolute atomic E-state index is 13.1. The number of ether oxygens (including phenoxy) is 1. The Morgan fingerprint density at radius 1 is 1.50 bits per heavy atom. The van der Waals surface area contributed by atoms with Crippen molar-refractivity contribution in [2.24, 2.45) is 0 Å². The van der Waals surface area contributed by atoms with E-state index in [1.807, 2.05) is 0 Å². The summed E-state index contributed by atoms with van der Waals surface area (Å²) in [5.74, 6) is 0. The molecule has 1 saturated heterocycles. The number of thioether (sulfide) groups is 1. The lowest BCUT2D eigenvalue weighted by Crippen LogP contribution is -2.31. The van der Waals surface area contributed by atoms with E-state index in [1.54, 1.807) is 0 Å². The number of halogens is 1. The zero-order valence-electron chi connectivity index (χ0n) is 6.81. The van der Waals surface area contributed by atoms with E-state index in [-0.39, 0.29) is 18.5 Å². The van der Waals surface area contributed by atoms with Crippen molar-refractivity contribution in [3.05, 3.63) is 0 Å². The Balaban J connectivity index is 2.48. The van der Waals surface area contributed by atoms with Gasteiger partial charge in [-0.05, 0) is 0 Å². The molecule has 0 aromatic carbocycles. The summed E-state index contributed by atoms with van der Waals surface area (Å²) in [4.78, 5) is 0. The summed E-state index contributed by atoms with van der Waals surface area (Å²) in [7, 11) is 1.49. The second kappa shape index (κ2) is 4.41. The Hall–Kier alpha value is 0.160. The van der Waals surface area contributed by atoms with Gasteiger partial charge in [0, 0.05) is 7.11 Å². The molecule has 1 rings (SSSR count). The Morgan fingerprint density at radius 3 is 2.58 bits per heavy atom. The highest BCUT2D eigenvalue weighted by atomic mass is 32.2. The first-order chi connectivity index (χ1) is 5.70. The fourth-order valence-corrected chi connectivity index (χ4v) is 2.62. The van der Waals surface area contributed by atoms with Crippen LogP contribution in [0.1, 0.15) is 0 Å². The van der Waals surface area contributed by atoms with Crippen LogP contribution < -0.4 is 0 Å². The largest absolute Gasteiger partial charge is 0.395 e. The predicted molar refractivity (Wildman–Crippen MR) is 45.0 cm³/mol. The molecule has 0 saturated carbocycles. The number of aliphatic hydroxyl groups is 2. The molecule has 0 radical (unpaired) electrons. The average Bonchev–Trinajstić information content (AvgIpc) is 2.33. The number of alkyl halides is 1. The first kappa shape index (κ1) is 10.2. The van der Waals surface area contributed by atoms with Crippen molar-refractivity contribution in [2.75, 3.05) is 20.3 Å². The van der Waals surface area contributed by atoms with Crippen molar-refractivity contribution in [2.45, 2.75) is 22.8 Å². The fourth-order valence-electron chi connectivity index (χ4n) is 1.25. The van der Waals surface area contributed by atoms with Gasteiger partial charge in [0.05, 0.1) is 23.7 Å². The maximum atomic E-state index is 13.1. The van der Waals surface area contributed by atoms with Gasteiger partial charge >= 0.3 is 0 Å². The summed E-state index contributed by atoms with van der Waals surface area (Å²) >= 11 is 1.25. The fraction of sp³-hybridized carbons (Fsp3) is 1.00. The molecule has 1 aliphatic rings. The molecule has 0 amide bonds. The van der Waals surface area contributed by atoms with E-state index in [1.165, 1.54) is 18.9 Å². The minimum Gasteiger partial charge on any atom is -0.395 e. The summed E-state index contributed by atoms with van der Waals surface area (Å²) in [6.07, 6.45) is -2.34. The molecule has 72 valence electrons. The molecule has 0 aromatic rings. The molecule has 2 N–H and O–H groups in total. The van der Waals surface area contributed by atoms with Crippen LogP contribution in [0, 0.1) is 0 Å². The highest BCUT2D eigenvalue weighted by Crippen LogP contribution is 2.36. The summed E-state index contributed by atoms with van der Waals surface area (Å²) in [6, 6.07) is 0. The third kappa shape index (κ3) is 1.90. The van der Waals surface area contributed by atoms with E-state index in [0.29, 0.717) is 0 Å². The number of hydrogen-bond donors (Lipinski definition) is 2. The number of aliphatic hydroxyl groups excluding tert-OH is 2. The van der Waals surface area contributed by atoms with Crippen molar-refractivity contribution in [3.63, 3.8) is 0 Å². The van der Waals surface area contributed by atoms with Gasteiger partial charge in [-0.15, -0.1) is 11.8 Å². The highest BCUT2D eigenvalue weighted by Gasteiger charge is 2.43. The van der Waals surface area contributed by atoms with Crippen LogP contribution in [0.25, 0.3) is 0 Å². The monoisotopic (exact) mass is 196 g/mol. The Bertz CT molecular complexity index is 147. The van der Waals surface area contributed by atoms with Crippen LogP contribution in [0.5, 0.6) is 0 Å². The van der Waals surface area contributed by atoms with E-state index >= 15 is 0 Å². The van der Waals surface area contributed by atoms with Gasteiger partial charge in [0.15, 0.2) is 0 Å². The summed E-state index contributed by atoms with van der Waals surface area (Å²) in [5.41, 5.74) is 0. The molecule has 0 aromatic heterocycles. The lowest BCUT2D eigenvalue weighted by Gasteiger charge is -2.11. The molecule has 1 aliphatic heterocycles. The van der Waals surface area contributed by atoms with Crippen LogP contribution >= 0.6 is 11.8 Å². The number of hydrogen-bond acceptors (Lipinski definition) is 4. The second-order valence-electron chi connectivity index (χ2n) is 2.79. The zero-order valence-corrected chi connectivity index (χ0v) is 7.63. The van der Waals surface area contributed by atoms with Gasteiger partial charge in [-0.3, -0.25) is 0 Å². The predicted octanol–water partition coefficient (Wildman–Crippen LogP) is -0.192. The average molecular weight is 196 g/mol. The minimum atomic E-state index is -1.29. The lowest BCUT2D eigenvalue weighted by atomic mass is 10.1. The van der Waals surface area contributed by atoms with Crippen LogP contribution in [0.4, 0.5) is 4.39 Å². The molecule has 1 fully saturated rings. The third-order valence-corrected chi connectivity index (χ3v) is 3.45. The van der Waals surface area contributed by atoms with Crippen molar-refractivity contribution in [1.82, 2.24) is 0 Å². The maximum Gasteiger partial charge on any atom is 0.141 e. The molecular formula is C7H13FO3S. The van der Waals surface area contributed by atoms with Crippen molar-refractivity contribution in [1.29, 1.82) is 0 Å². The standard InChI is InChI=1S/C7H13FO3S/c1-11-3-5-6(8)7(10)4(2-9)12-5/h4-7,9-10H,2-3H2,1H3/t4-,5?,6-,7-/m1/s1. The molecule has 1 unspecified atom stereocenters. The number of rotatable bonds is 3. The topological polar surface area (TPSA) is 49.7 Å². The molecule has 12 heavy (non-hydrogen) atoms. The normalized spacial score (nSPS) is 42.0. The molecule has 0 bridgehead atoms. The van der Waals surface area contributed by atoms with Gasteiger partial charge in [0.1, 0.15) is 12.3 Å². The van der Waals surface area contributed by atoms with Crippen LogP contribution in [0.2, 0.25) is 0 Å². The Labute approximate surface area is 74.9 Å². The van der Waals surface area contributed by atoms with E-state index in [4.69, 9.17) is 9.84 Å². The van der Waals surface area contributed by atoms with Crippen molar-refractivity contribution < 1.29 is 19.3 Å². The molecule has 3 nitrogen and oxygen atoms in total. The zero-order chi connectivity index (χ0) is 9.14. The van der Waals surface area contributed by atoms with Gasteiger partial charge in [-0.25, -0.2) is 4.39 Å². The van der Waals surface area contributed by atoms with Crippen LogP contribution in [-0.4, -0.2) is 53.3 Å². The molecule has 4 atom stereocenters. The molecule has 1 heterocycles. The molecule has 0 aliphatic carbocycles. The highest BCUT2D eigenvalue weighted by molar-refractivity contribution is 8.01. The minimum absolute atomic E-state index is 0.188.